The molecular weight excluding hydrogens is 484 g/mol. The predicted molar refractivity (Wildman–Crippen MR) is 170 cm³/mol. The van der Waals surface area contributed by atoms with Gasteiger partial charge in [0.1, 0.15) is 0 Å². The van der Waals surface area contributed by atoms with Crippen LogP contribution < -0.4 is 4.90 Å². The van der Waals surface area contributed by atoms with E-state index in [0.717, 1.165) is 0 Å². The molecule has 0 spiro atoms. The average Bonchev–Trinajstić information content (AvgIpc) is 3.45. The molecule has 0 saturated heterocycles. The Bertz CT molecular complexity index is 2060. The second-order valence-electron chi connectivity index (χ2n) is 11.5. The zero-order valence-electron chi connectivity index (χ0n) is 23.0. The highest BCUT2D eigenvalue weighted by Gasteiger charge is 2.35. The third-order valence-electron chi connectivity index (χ3n) is 9.01. The van der Waals surface area contributed by atoms with Crippen LogP contribution in [0.5, 0.6) is 0 Å². The molecule has 0 atom stereocenters. The number of hydrogen-bond acceptors (Lipinski definition) is 1. The quantitative estimate of drug-likeness (QED) is 0.228. The molecule has 7 aromatic rings. The van der Waals surface area contributed by atoms with Crippen LogP contribution in [0, 0.1) is 0 Å². The van der Waals surface area contributed by atoms with Crippen molar-refractivity contribution in [1.82, 2.24) is 4.57 Å². The van der Waals surface area contributed by atoms with E-state index in [0.29, 0.717) is 0 Å². The SMILES string of the molecule is CN(c1ccc2c(c1)C(C)(C)c1ccccc1-2)c1ccc(-n2c3ccccc3c3ccccc32)c2ccccc12. The maximum Gasteiger partial charge on any atom is 0.0542 e. The Kier molecular flexibility index (Phi) is 4.82. The first-order valence-corrected chi connectivity index (χ1v) is 14.0. The van der Waals surface area contributed by atoms with E-state index in [-0.39, 0.29) is 5.41 Å². The lowest BCUT2D eigenvalue weighted by atomic mass is 9.82. The Balaban J connectivity index is 1.30. The normalized spacial score (nSPS) is 13.6. The zero-order chi connectivity index (χ0) is 27.0. The van der Waals surface area contributed by atoms with Gasteiger partial charge in [0, 0.05) is 45.4 Å². The zero-order valence-corrected chi connectivity index (χ0v) is 23.0. The number of hydrogen-bond donors (Lipinski definition) is 0. The van der Waals surface area contributed by atoms with Gasteiger partial charge in [0.2, 0.25) is 0 Å². The summed E-state index contributed by atoms with van der Waals surface area (Å²) in [7, 11) is 2.19. The highest BCUT2D eigenvalue weighted by atomic mass is 15.1. The minimum absolute atomic E-state index is 0.0226. The molecule has 0 radical (unpaired) electrons. The lowest BCUT2D eigenvalue weighted by Gasteiger charge is -2.26. The third kappa shape index (κ3) is 3.11. The van der Waals surface area contributed by atoms with Crippen molar-refractivity contribution in [2.24, 2.45) is 0 Å². The fraction of sp³-hybridized carbons (Fsp3) is 0.105. The van der Waals surface area contributed by atoms with Gasteiger partial charge in [-0.1, -0.05) is 105 Å². The number of rotatable bonds is 3. The third-order valence-corrected chi connectivity index (χ3v) is 9.01. The number of benzene rings is 6. The van der Waals surface area contributed by atoms with Crippen LogP contribution in [0.4, 0.5) is 11.4 Å². The number of nitrogens with zero attached hydrogens (tertiary/aromatic N) is 2. The molecule has 2 heteroatoms. The summed E-state index contributed by atoms with van der Waals surface area (Å²) in [6.45, 7) is 4.69. The van der Waals surface area contributed by atoms with E-state index in [1.165, 1.54) is 71.9 Å². The van der Waals surface area contributed by atoms with Crippen molar-refractivity contribution in [2.75, 3.05) is 11.9 Å². The topological polar surface area (TPSA) is 8.17 Å². The fourth-order valence-corrected chi connectivity index (χ4v) is 6.98. The molecule has 6 aromatic carbocycles. The summed E-state index contributed by atoms with van der Waals surface area (Å²) in [5.74, 6) is 0. The van der Waals surface area contributed by atoms with Crippen molar-refractivity contribution >= 4 is 44.0 Å². The van der Waals surface area contributed by atoms with E-state index in [1.807, 2.05) is 0 Å². The van der Waals surface area contributed by atoms with Crippen molar-refractivity contribution in [3.8, 4) is 16.8 Å². The van der Waals surface area contributed by atoms with Gasteiger partial charge in [-0.2, -0.15) is 0 Å². The number of aromatic nitrogens is 1. The minimum atomic E-state index is -0.0226. The second-order valence-corrected chi connectivity index (χ2v) is 11.5. The summed E-state index contributed by atoms with van der Waals surface area (Å²) in [5.41, 5.74) is 11.6. The summed E-state index contributed by atoms with van der Waals surface area (Å²) in [6, 6.07) is 46.7. The van der Waals surface area contributed by atoms with Crippen LogP contribution in [0.15, 0.2) is 127 Å². The first-order valence-electron chi connectivity index (χ1n) is 14.0. The average molecular weight is 515 g/mol. The molecule has 0 aliphatic heterocycles. The molecule has 0 saturated carbocycles. The summed E-state index contributed by atoms with van der Waals surface area (Å²) in [4.78, 5) is 2.34. The van der Waals surface area contributed by atoms with Crippen LogP contribution in [-0.4, -0.2) is 11.6 Å². The summed E-state index contributed by atoms with van der Waals surface area (Å²) in [6.07, 6.45) is 0. The lowest BCUT2D eigenvalue weighted by molar-refractivity contribution is 0.660. The van der Waals surface area contributed by atoms with Crippen LogP contribution in [0.2, 0.25) is 0 Å². The predicted octanol–water partition coefficient (Wildman–Crippen LogP) is 10.0. The Labute approximate surface area is 234 Å². The molecule has 8 rings (SSSR count). The standard InChI is InChI=1S/C38H30N2/c1-38(2)32-17-9-6-12-26(32)27-21-20-25(24-33(27)38)39(3)34-22-23-37(29-14-5-4-13-28(29)34)40-35-18-10-7-15-30(35)31-16-8-11-19-36(31)40/h4-24H,1-3H3. The van der Waals surface area contributed by atoms with Gasteiger partial charge in [-0.25, -0.2) is 0 Å². The fourth-order valence-electron chi connectivity index (χ4n) is 6.98. The lowest BCUT2D eigenvalue weighted by Crippen LogP contribution is -2.16. The molecule has 0 N–H and O–H groups in total. The molecule has 1 aliphatic rings. The Morgan fingerprint density at radius 2 is 1.10 bits per heavy atom. The van der Waals surface area contributed by atoms with E-state index in [4.69, 9.17) is 0 Å². The van der Waals surface area contributed by atoms with E-state index < -0.39 is 0 Å². The first-order chi connectivity index (χ1) is 19.5. The molecule has 0 amide bonds. The highest BCUT2D eigenvalue weighted by Crippen LogP contribution is 2.50. The maximum absolute atomic E-state index is 2.42. The summed E-state index contributed by atoms with van der Waals surface area (Å²) >= 11 is 0. The molecule has 0 bridgehead atoms. The second kappa shape index (κ2) is 8.34. The van der Waals surface area contributed by atoms with Gasteiger partial charge in [0.15, 0.2) is 0 Å². The molecule has 192 valence electrons. The molecular formula is C38H30N2. The van der Waals surface area contributed by atoms with Crippen LogP contribution in [0.1, 0.15) is 25.0 Å². The van der Waals surface area contributed by atoms with Crippen molar-refractivity contribution in [3.05, 3.63) is 139 Å². The molecule has 1 aliphatic carbocycles. The minimum Gasteiger partial charge on any atom is -0.344 e. The smallest absolute Gasteiger partial charge is 0.0542 e. The van der Waals surface area contributed by atoms with Crippen molar-refractivity contribution in [1.29, 1.82) is 0 Å². The summed E-state index contributed by atoms with van der Waals surface area (Å²) in [5, 5.41) is 5.05. The van der Waals surface area contributed by atoms with Gasteiger partial charge in [-0.15, -0.1) is 0 Å². The van der Waals surface area contributed by atoms with Crippen LogP contribution in [0.25, 0.3) is 49.4 Å². The Morgan fingerprint density at radius 1 is 0.525 bits per heavy atom. The van der Waals surface area contributed by atoms with Gasteiger partial charge >= 0.3 is 0 Å². The van der Waals surface area contributed by atoms with Gasteiger partial charge < -0.3 is 9.47 Å². The largest absolute Gasteiger partial charge is 0.344 e. The van der Waals surface area contributed by atoms with Crippen molar-refractivity contribution in [3.63, 3.8) is 0 Å². The highest BCUT2D eigenvalue weighted by molar-refractivity contribution is 6.11. The maximum atomic E-state index is 2.42. The number of para-hydroxylation sites is 2. The van der Waals surface area contributed by atoms with E-state index >= 15 is 0 Å². The van der Waals surface area contributed by atoms with Gasteiger partial charge in [0.05, 0.1) is 16.7 Å². The van der Waals surface area contributed by atoms with Gasteiger partial charge in [-0.05, 0) is 58.7 Å². The molecule has 2 nitrogen and oxygen atoms in total. The molecule has 1 aromatic heterocycles. The Morgan fingerprint density at radius 3 is 1.82 bits per heavy atom. The monoisotopic (exact) mass is 514 g/mol. The molecule has 40 heavy (non-hydrogen) atoms. The van der Waals surface area contributed by atoms with Crippen molar-refractivity contribution in [2.45, 2.75) is 19.3 Å². The molecule has 0 unspecified atom stereocenters. The van der Waals surface area contributed by atoms with Gasteiger partial charge in [-0.3, -0.25) is 0 Å². The molecule has 0 fully saturated rings. The Hall–Kier alpha value is -4.82. The van der Waals surface area contributed by atoms with Crippen molar-refractivity contribution < 1.29 is 0 Å². The number of fused-ring (bicyclic) bond motifs is 7. The first kappa shape index (κ1) is 23.1. The summed E-state index contributed by atoms with van der Waals surface area (Å²) < 4.78 is 2.42. The van der Waals surface area contributed by atoms with Gasteiger partial charge in [0.25, 0.3) is 0 Å². The molecule has 1 heterocycles. The van der Waals surface area contributed by atoms with E-state index in [1.54, 1.807) is 0 Å². The van der Waals surface area contributed by atoms with Crippen LogP contribution in [-0.2, 0) is 5.41 Å². The van der Waals surface area contributed by atoms with Crippen LogP contribution >= 0.6 is 0 Å². The van der Waals surface area contributed by atoms with E-state index in [9.17, 15) is 0 Å². The number of anilines is 2. The van der Waals surface area contributed by atoms with Crippen LogP contribution in [0.3, 0.4) is 0 Å². The van der Waals surface area contributed by atoms with E-state index in [2.05, 4.69) is 158 Å².